The molecule has 0 radical (unpaired) electrons. The SMILES string of the molecule is C=CC[C@@]1(O)C(=O)N(C)c2ccccc21. The van der Waals surface area contributed by atoms with E-state index in [1.54, 1.807) is 19.2 Å². The van der Waals surface area contributed by atoms with Gasteiger partial charge < -0.3 is 10.0 Å². The van der Waals surface area contributed by atoms with Gasteiger partial charge in [-0.3, -0.25) is 4.79 Å². The first-order valence-electron chi connectivity index (χ1n) is 4.82. The fourth-order valence-electron chi connectivity index (χ4n) is 2.02. The van der Waals surface area contributed by atoms with Crippen molar-refractivity contribution in [2.24, 2.45) is 0 Å². The van der Waals surface area contributed by atoms with Crippen molar-refractivity contribution >= 4 is 11.6 Å². The molecule has 0 saturated heterocycles. The van der Waals surface area contributed by atoms with Gasteiger partial charge in [-0.05, 0) is 6.07 Å². The lowest BCUT2D eigenvalue weighted by atomic mass is 9.92. The van der Waals surface area contributed by atoms with E-state index in [0.717, 1.165) is 5.69 Å². The van der Waals surface area contributed by atoms with Crippen LogP contribution in [-0.4, -0.2) is 18.1 Å². The van der Waals surface area contributed by atoms with Crippen LogP contribution < -0.4 is 4.90 Å². The second-order valence-electron chi connectivity index (χ2n) is 3.73. The van der Waals surface area contributed by atoms with Gasteiger partial charge in [0, 0.05) is 19.0 Å². The van der Waals surface area contributed by atoms with Crippen LogP contribution in [0.2, 0.25) is 0 Å². The van der Waals surface area contributed by atoms with Crippen LogP contribution >= 0.6 is 0 Å². The Hall–Kier alpha value is -1.61. The highest BCUT2D eigenvalue weighted by Crippen LogP contribution is 2.41. The van der Waals surface area contributed by atoms with Crippen molar-refractivity contribution in [1.29, 1.82) is 0 Å². The lowest BCUT2D eigenvalue weighted by molar-refractivity contribution is -0.135. The van der Waals surface area contributed by atoms with Crippen molar-refractivity contribution in [3.8, 4) is 0 Å². The molecule has 1 heterocycles. The minimum atomic E-state index is -1.42. The number of amides is 1. The molecular weight excluding hydrogens is 190 g/mol. The van der Waals surface area contributed by atoms with Gasteiger partial charge in [0.05, 0.1) is 5.69 Å². The van der Waals surface area contributed by atoms with Crippen molar-refractivity contribution in [3.05, 3.63) is 42.5 Å². The second-order valence-corrected chi connectivity index (χ2v) is 3.73. The molecule has 0 spiro atoms. The third-order valence-corrected chi connectivity index (χ3v) is 2.81. The summed E-state index contributed by atoms with van der Waals surface area (Å²) in [6.07, 6.45) is 1.81. The van der Waals surface area contributed by atoms with Crippen LogP contribution in [-0.2, 0) is 10.4 Å². The number of benzene rings is 1. The summed E-state index contributed by atoms with van der Waals surface area (Å²) < 4.78 is 0. The molecule has 3 heteroatoms. The molecule has 0 fully saturated rings. The lowest BCUT2D eigenvalue weighted by Crippen LogP contribution is -2.38. The molecule has 15 heavy (non-hydrogen) atoms. The Kier molecular flexibility index (Phi) is 2.12. The Balaban J connectivity index is 2.60. The molecule has 0 aromatic heterocycles. The molecule has 1 N–H and O–H groups in total. The van der Waals surface area contributed by atoms with E-state index in [1.807, 2.05) is 18.2 Å². The first kappa shape index (κ1) is 9.93. The maximum absolute atomic E-state index is 11.9. The zero-order chi connectivity index (χ0) is 11.1. The molecule has 0 aliphatic carbocycles. The van der Waals surface area contributed by atoms with Gasteiger partial charge in [0.15, 0.2) is 5.60 Å². The predicted molar refractivity (Wildman–Crippen MR) is 58.6 cm³/mol. The number of rotatable bonds is 2. The Morgan fingerprint density at radius 3 is 2.87 bits per heavy atom. The standard InChI is InChI=1S/C12H13NO2/c1-3-8-12(15)9-6-4-5-7-10(9)13(2)11(12)14/h3-7,15H,1,8H2,2H3/t12-/m0/s1. The summed E-state index contributed by atoms with van der Waals surface area (Å²) in [7, 11) is 1.67. The highest BCUT2D eigenvalue weighted by atomic mass is 16.3. The number of aliphatic hydroxyl groups is 1. The minimum Gasteiger partial charge on any atom is -0.375 e. The number of likely N-dealkylation sites (N-methyl/N-ethyl adjacent to an activating group) is 1. The largest absolute Gasteiger partial charge is 0.375 e. The normalized spacial score (nSPS) is 24.1. The van der Waals surface area contributed by atoms with Crippen molar-refractivity contribution in [2.75, 3.05) is 11.9 Å². The fraction of sp³-hybridized carbons (Fsp3) is 0.250. The summed E-state index contributed by atoms with van der Waals surface area (Å²) in [5, 5.41) is 10.3. The number of nitrogens with zero attached hydrogens (tertiary/aromatic N) is 1. The molecule has 1 aromatic rings. The van der Waals surface area contributed by atoms with Gasteiger partial charge in [-0.15, -0.1) is 6.58 Å². The van der Waals surface area contributed by atoms with Crippen molar-refractivity contribution in [3.63, 3.8) is 0 Å². The van der Waals surface area contributed by atoms with Crippen LogP contribution in [0.1, 0.15) is 12.0 Å². The molecule has 0 unspecified atom stereocenters. The molecule has 1 amide bonds. The Morgan fingerprint density at radius 1 is 1.53 bits per heavy atom. The van der Waals surface area contributed by atoms with Crippen molar-refractivity contribution in [2.45, 2.75) is 12.0 Å². The van der Waals surface area contributed by atoms with E-state index in [0.29, 0.717) is 5.56 Å². The van der Waals surface area contributed by atoms with Crippen LogP contribution in [0.25, 0.3) is 0 Å². The summed E-state index contributed by atoms with van der Waals surface area (Å²) in [6, 6.07) is 7.27. The summed E-state index contributed by atoms with van der Waals surface area (Å²) in [4.78, 5) is 13.4. The quantitative estimate of drug-likeness (QED) is 0.738. The minimum absolute atomic E-state index is 0.243. The molecule has 1 aromatic carbocycles. The van der Waals surface area contributed by atoms with Crippen molar-refractivity contribution < 1.29 is 9.90 Å². The summed E-state index contributed by atoms with van der Waals surface area (Å²) in [5.41, 5.74) is 0.0110. The first-order valence-corrected chi connectivity index (χ1v) is 4.82. The Morgan fingerprint density at radius 2 is 2.20 bits per heavy atom. The maximum atomic E-state index is 11.9. The zero-order valence-electron chi connectivity index (χ0n) is 8.60. The third-order valence-electron chi connectivity index (χ3n) is 2.81. The van der Waals surface area contributed by atoms with E-state index >= 15 is 0 Å². The van der Waals surface area contributed by atoms with E-state index in [1.165, 1.54) is 4.90 Å². The number of hydrogen-bond acceptors (Lipinski definition) is 2. The van der Waals surface area contributed by atoms with Gasteiger partial charge in [0.2, 0.25) is 0 Å². The van der Waals surface area contributed by atoms with Crippen LogP contribution in [0.5, 0.6) is 0 Å². The topological polar surface area (TPSA) is 40.5 Å². The van der Waals surface area contributed by atoms with Crippen LogP contribution in [0.4, 0.5) is 5.69 Å². The van der Waals surface area contributed by atoms with E-state index in [2.05, 4.69) is 6.58 Å². The fourth-order valence-corrected chi connectivity index (χ4v) is 2.02. The summed E-state index contributed by atoms with van der Waals surface area (Å²) >= 11 is 0. The number of para-hydroxylation sites is 1. The molecule has 0 bridgehead atoms. The first-order chi connectivity index (χ1) is 7.11. The van der Waals surface area contributed by atoms with Gasteiger partial charge in [-0.2, -0.15) is 0 Å². The smallest absolute Gasteiger partial charge is 0.263 e. The molecule has 2 rings (SSSR count). The van der Waals surface area contributed by atoms with Crippen molar-refractivity contribution in [1.82, 2.24) is 0 Å². The molecule has 1 aliphatic heterocycles. The number of hydrogen-bond donors (Lipinski definition) is 1. The van der Waals surface area contributed by atoms with Gasteiger partial charge in [0.25, 0.3) is 5.91 Å². The van der Waals surface area contributed by atoms with E-state index in [9.17, 15) is 9.90 Å². The summed E-state index contributed by atoms with van der Waals surface area (Å²) in [5.74, 6) is -0.288. The van der Waals surface area contributed by atoms with E-state index in [4.69, 9.17) is 0 Å². The van der Waals surface area contributed by atoms with Gasteiger partial charge in [-0.1, -0.05) is 24.3 Å². The Labute approximate surface area is 88.6 Å². The predicted octanol–water partition coefficient (Wildman–Crippen LogP) is 1.43. The molecular formula is C12H13NO2. The average Bonchev–Trinajstić information content (AvgIpc) is 2.43. The number of carbonyl (C=O) groups is 1. The van der Waals surface area contributed by atoms with Gasteiger partial charge in [-0.25, -0.2) is 0 Å². The van der Waals surface area contributed by atoms with Gasteiger partial charge >= 0.3 is 0 Å². The van der Waals surface area contributed by atoms with E-state index < -0.39 is 5.60 Å². The van der Waals surface area contributed by atoms with Crippen LogP contribution in [0.3, 0.4) is 0 Å². The zero-order valence-corrected chi connectivity index (χ0v) is 8.60. The lowest BCUT2D eigenvalue weighted by Gasteiger charge is -2.19. The third kappa shape index (κ3) is 1.20. The molecule has 0 saturated carbocycles. The number of carbonyl (C=O) groups excluding carboxylic acids is 1. The highest BCUT2D eigenvalue weighted by Gasteiger charge is 2.47. The van der Waals surface area contributed by atoms with Gasteiger partial charge in [0.1, 0.15) is 0 Å². The molecule has 1 aliphatic rings. The van der Waals surface area contributed by atoms with E-state index in [-0.39, 0.29) is 12.3 Å². The summed E-state index contributed by atoms with van der Waals surface area (Å²) in [6.45, 7) is 3.57. The van der Waals surface area contributed by atoms with Crippen LogP contribution in [0, 0.1) is 0 Å². The van der Waals surface area contributed by atoms with Crippen LogP contribution in [0.15, 0.2) is 36.9 Å². The highest BCUT2D eigenvalue weighted by molar-refractivity contribution is 6.06. The second kappa shape index (κ2) is 3.21. The maximum Gasteiger partial charge on any atom is 0.263 e. The molecule has 1 atom stereocenters. The Bertz CT molecular complexity index is 427. The average molecular weight is 203 g/mol. The number of anilines is 1. The monoisotopic (exact) mass is 203 g/mol. The molecule has 78 valence electrons. The number of fused-ring (bicyclic) bond motifs is 1. The molecule has 3 nitrogen and oxygen atoms in total.